The minimum atomic E-state index is -0.171. The number of halogens is 1. The molecule has 1 aliphatic rings. The highest BCUT2D eigenvalue weighted by Gasteiger charge is 2.24. The number of carbonyl (C=O) groups excluding carboxylic acids is 1. The molecule has 5 heteroatoms. The third kappa shape index (κ3) is 2.70. The lowest BCUT2D eigenvalue weighted by atomic mass is 10.1. The summed E-state index contributed by atoms with van der Waals surface area (Å²) in [7, 11) is 1.53. The van der Waals surface area contributed by atoms with Crippen LogP contribution in [-0.2, 0) is 0 Å². The Hall–Kier alpha value is -1.42. The zero-order valence-corrected chi connectivity index (χ0v) is 11.0. The lowest BCUT2D eigenvalue weighted by Gasteiger charge is -2.29. The highest BCUT2D eigenvalue weighted by Crippen LogP contribution is 2.26. The summed E-state index contributed by atoms with van der Waals surface area (Å²) < 4.78 is 5.06. The van der Waals surface area contributed by atoms with Gasteiger partial charge in [0.05, 0.1) is 12.7 Å². The smallest absolute Gasteiger partial charge is 0.257 e. The topological polar surface area (TPSA) is 49.8 Å². The average Bonchev–Trinajstić information content (AvgIpc) is 2.39. The molecule has 0 radical (unpaired) electrons. The molecule has 18 heavy (non-hydrogen) atoms. The number of nitrogens with zero attached hydrogens (tertiary/aromatic N) is 1. The number of amides is 1. The standard InChI is InChI=1S/C13H16ClNO3/c1-18-10-2-3-12(16)11(8-10)13(17)15-6-4-9(14)5-7-15/h2-3,8-9,16H,4-7H2,1H3. The summed E-state index contributed by atoms with van der Waals surface area (Å²) in [5.74, 6) is 0.368. The Bertz CT molecular complexity index is 442. The van der Waals surface area contributed by atoms with Crippen LogP contribution in [0.2, 0.25) is 0 Å². The van der Waals surface area contributed by atoms with E-state index in [1.54, 1.807) is 17.0 Å². The van der Waals surface area contributed by atoms with Crippen molar-refractivity contribution in [3.63, 3.8) is 0 Å². The molecule has 1 aliphatic heterocycles. The molecule has 1 N–H and O–H groups in total. The SMILES string of the molecule is COc1ccc(O)c(C(=O)N2CCC(Cl)CC2)c1. The van der Waals surface area contributed by atoms with Crippen molar-refractivity contribution in [2.75, 3.05) is 20.2 Å². The molecule has 0 unspecified atom stereocenters. The highest BCUT2D eigenvalue weighted by atomic mass is 35.5. The first kappa shape index (κ1) is 13.0. The normalized spacial score (nSPS) is 16.7. The monoisotopic (exact) mass is 269 g/mol. The van der Waals surface area contributed by atoms with Gasteiger partial charge in [0.15, 0.2) is 0 Å². The number of likely N-dealkylation sites (tertiary alicyclic amines) is 1. The predicted octanol–water partition coefficient (Wildman–Crippen LogP) is 2.24. The number of carbonyl (C=O) groups is 1. The van der Waals surface area contributed by atoms with Gasteiger partial charge in [-0.25, -0.2) is 0 Å². The molecule has 0 bridgehead atoms. The summed E-state index contributed by atoms with van der Waals surface area (Å²) >= 11 is 6.00. The maximum Gasteiger partial charge on any atom is 0.257 e. The van der Waals surface area contributed by atoms with Crippen molar-refractivity contribution in [1.29, 1.82) is 0 Å². The van der Waals surface area contributed by atoms with E-state index in [0.29, 0.717) is 18.8 Å². The van der Waals surface area contributed by atoms with Gasteiger partial charge in [0.1, 0.15) is 11.5 Å². The molecule has 0 spiro atoms. The summed E-state index contributed by atoms with van der Waals surface area (Å²) in [5, 5.41) is 9.90. The molecule has 4 nitrogen and oxygen atoms in total. The minimum absolute atomic E-state index is 0.0196. The van der Waals surface area contributed by atoms with Crippen LogP contribution >= 0.6 is 11.6 Å². The fourth-order valence-electron chi connectivity index (χ4n) is 2.03. The molecule has 1 amide bonds. The van der Waals surface area contributed by atoms with Crippen LogP contribution in [0.5, 0.6) is 11.5 Å². The molecule has 0 aliphatic carbocycles. The van der Waals surface area contributed by atoms with Crippen LogP contribution in [0.15, 0.2) is 18.2 Å². The summed E-state index contributed by atoms with van der Waals surface area (Å²) in [6, 6.07) is 4.65. The zero-order valence-electron chi connectivity index (χ0n) is 10.2. The van der Waals surface area contributed by atoms with E-state index in [1.165, 1.54) is 13.2 Å². The van der Waals surface area contributed by atoms with E-state index >= 15 is 0 Å². The molecule has 1 heterocycles. The predicted molar refractivity (Wildman–Crippen MR) is 69.4 cm³/mol. The maximum atomic E-state index is 12.3. The van der Waals surface area contributed by atoms with E-state index < -0.39 is 0 Å². The first-order valence-corrected chi connectivity index (χ1v) is 6.36. The lowest BCUT2D eigenvalue weighted by molar-refractivity contribution is 0.0723. The second kappa shape index (κ2) is 5.48. The van der Waals surface area contributed by atoms with Gasteiger partial charge in [0, 0.05) is 18.5 Å². The third-order valence-corrected chi connectivity index (χ3v) is 3.58. The van der Waals surface area contributed by atoms with Crippen molar-refractivity contribution in [1.82, 2.24) is 4.90 Å². The molecule has 1 saturated heterocycles. The molecular weight excluding hydrogens is 254 g/mol. The van der Waals surface area contributed by atoms with Gasteiger partial charge in [-0.15, -0.1) is 11.6 Å². The number of aromatic hydroxyl groups is 1. The number of hydrogen-bond donors (Lipinski definition) is 1. The molecule has 1 aromatic rings. The van der Waals surface area contributed by atoms with Gasteiger partial charge in [-0.05, 0) is 31.0 Å². The van der Waals surface area contributed by atoms with Crippen molar-refractivity contribution in [3.05, 3.63) is 23.8 Å². The summed E-state index contributed by atoms with van der Waals surface area (Å²) in [5.41, 5.74) is 0.280. The summed E-state index contributed by atoms with van der Waals surface area (Å²) in [6.45, 7) is 1.26. The van der Waals surface area contributed by atoms with Crippen LogP contribution < -0.4 is 4.74 Å². The minimum Gasteiger partial charge on any atom is -0.507 e. The van der Waals surface area contributed by atoms with Gasteiger partial charge in [-0.3, -0.25) is 4.79 Å². The quantitative estimate of drug-likeness (QED) is 0.838. The number of benzene rings is 1. The van der Waals surface area contributed by atoms with E-state index in [9.17, 15) is 9.90 Å². The first-order chi connectivity index (χ1) is 8.61. The molecule has 0 saturated carbocycles. The van der Waals surface area contributed by atoms with Gasteiger partial charge in [0.2, 0.25) is 0 Å². The highest BCUT2D eigenvalue weighted by molar-refractivity contribution is 6.20. The third-order valence-electron chi connectivity index (χ3n) is 3.15. The number of hydrogen-bond acceptors (Lipinski definition) is 3. The van der Waals surface area contributed by atoms with E-state index in [-0.39, 0.29) is 22.6 Å². The van der Waals surface area contributed by atoms with Gasteiger partial charge in [-0.1, -0.05) is 0 Å². The van der Waals surface area contributed by atoms with E-state index in [0.717, 1.165) is 12.8 Å². The number of phenolic OH excluding ortho intramolecular Hbond substituents is 1. The first-order valence-electron chi connectivity index (χ1n) is 5.92. The second-order valence-corrected chi connectivity index (χ2v) is 4.97. The Morgan fingerprint density at radius 2 is 2.11 bits per heavy atom. The number of alkyl halides is 1. The Balaban J connectivity index is 2.17. The number of ether oxygens (including phenoxy) is 1. The van der Waals surface area contributed by atoms with Crippen LogP contribution in [0, 0.1) is 0 Å². The zero-order chi connectivity index (χ0) is 13.1. The number of piperidine rings is 1. The molecule has 98 valence electrons. The molecule has 2 rings (SSSR count). The van der Waals surface area contributed by atoms with E-state index in [2.05, 4.69) is 0 Å². The lowest BCUT2D eigenvalue weighted by Crippen LogP contribution is -2.38. The number of phenols is 1. The van der Waals surface area contributed by atoms with Crippen molar-refractivity contribution in [2.45, 2.75) is 18.2 Å². The van der Waals surface area contributed by atoms with Crippen molar-refractivity contribution >= 4 is 17.5 Å². The second-order valence-electron chi connectivity index (χ2n) is 4.35. The Kier molecular flexibility index (Phi) is 3.97. The fraction of sp³-hybridized carbons (Fsp3) is 0.462. The Labute approximate surface area is 111 Å². The molecular formula is C13H16ClNO3. The van der Waals surface area contributed by atoms with Crippen LogP contribution in [0.4, 0.5) is 0 Å². The van der Waals surface area contributed by atoms with Gasteiger partial charge in [-0.2, -0.15) is 0 Å². The van der Waals surface area contributed by atoms with Gasteiger partial charge in [0.25, 0.3) is 5.91 Å². The van der Waals surface area contributed by atoms with Crippen molar-refractivity contribution in [3.8, 4) is 11.5 Å². The maximum absolute atomic E-state index is 12.3. The van der Waals surface area contributed by atoms with Crippen molar-refractivity contribution < 1.29 is 14.6 Å². The van der Waals surface area contributed by atoms with Crippen molar-refractivity contribution in [2.24, 2.45) is 0 Å². The van der Waals surface area contributed by atoms with Crippen LogP contribution in [0.3, 0.4) is 0 Å². The Morgan fingerprint density at radius 1 is 1.44 bits per heavy atom. The molecule has 1 aromatic carbocycles. The number of rotatable bonds is 2. The van der Waals surface area contributed by atoms with Crippen LogP contribution in [0.25, 0.3) is 0 Å². The molecule has 0 aromatic heterocycles. The van der Waals surface area contributed by atoms with Gasteiger partial charge < -0.3 is 14.7 Å². The fourth-order valence-corrected chi connectivity index (χ4v) is 2.23. The van der Waals surface area contributed by atoms with Crippen LogP contribution in [0.1, 0.15) is 23.2 Å². The summed E-state index contributed by atoms with van der Waals surface area (Å²) in [6.07, 6.45) is 1.58. The van der Waals surface area contributed by atoms with E-state index in [1.807, 2.05) is 0 Å². The Morgan fingerprint density at radius 3 is 2.72 bits per heavy atom. The molecule has 1 fully saturated rings. The van der Waals surface area contributed by atoms with E-state index in [4.69, 9.17) is 16.3 Å². The molecule has 0 atom stereocenters. The summed E-state index contributed by atoms with van der Waals surface area (Å²) in [4.78, 5) is 14.0. The number of methoxy groups -OCH3 is 1. The van der Waals surface area contributed by atoms with Gasteiger partial charge >= 0.3 is 0 Å². The van der Waals surface area contributed by atoms with Crippen LogP contribution in [-0.4, -0.2) is 41.5 Å². The average molecular weight is 270 g/mol. The largest absolute Gasteiger partial charge is 0.507 e.